The highest BCUT2D eigenvalue weighted by atomic mass is 35.5. The monoisotopic (exact) mass is 360 g/mol. The van der Waals surface area contributed by atoms with Gasteiger partial charge in [0.05, 0.1) is 5.56 Å². The van der Waals surface area contributed by atoms with Crippen LogP contribution in [0.5, 0.6) is 0 Å². The number of hydrogen-bond donors (Lipinski definition) is 2. The Morgan fingerprint density at radius 3 is 2.88 bits per heavy atom. The van der Waals surface area contributed by atoms with Gasteiger partial charge in [0.1, 0.15) is 10.6 Å². The number of carbonyl (C=O) groups is 2. The summed E-state index contributed by atoms with van der Waals surface area (Å²) in [5, 5.41) is 4.58. The highest BCUT2D eigenvalue weighted by molar-refractivity contribution is 7.17. The van der Waals surface area contributed by atoms with Crippen LogP contribution in [0, 0.1) is 0 Å². The maximum atomic E-state index is 12.5. The van der Waals surface area contributed by atoms with Gasteiger partial charge in [-0.15, -0.1) is 11.3 Å². The normalized spacial score (nSPS) is 13.2. The molecule has 2 aromatic heterocycles. The van der Waals surface area contributed by atoms with Gasteiger partial charge in [-0.2, -0.15) is 0 Å². The third-order valence-corrected chi connectivity index (χ3v) is 5.54. The molecule has 24 heavy (non-hydrogen) atoms. The molecule has 0 atom stereocenters. The predicted molar refractivity (Wildman–Crippen MR) is 94.0 cm³/mol. The number of aryl methyl sites for hydroxylation is 1. The Labute approximate surface area is 146 Å². The summed E-state index contributed by atoms with van der Waals surface area (Å²) in [4.78, 5) is 25.4. The molecule has 0 unspecified atom stereocenters. The average molecular weight is 361 g/mol. The zero-order chi connectivity index (χ0) is 16.8. The van der Waals surface area contributed by atoms with E-state index in [1.807, 2.05) is 0 Å². The van der Waals surface area contributed by atoms with E-state index >= 15 is 0 Å². The van der Waals surface area contributed by atoms with Gasteiger partial charge < -0.3 is 15.5 Å². The number of nitrogens with one attached hydrogen (secondary N) is 1. The molecule has 3 N–H and O–H groups in total. The van der Waals surface area contributed by atoms with E-state index in [-0.39, 0.29) is 5.76 Å². The summed E-state index contributed by atoms with van der Waals surface area (Å²) in [5.74, 6) is -0.762. The Morgan fingerprint density at radius 1 is 1.25 bits per heavy atom. The highest BCUT2D eigenvalue weighted by Gasteiger charge is 2.26. The smallest absolute Gasteiger partial charge is 0.292 e. The van der Waals surface area contributed by atoms with Gasteiger partial charge in [0.15, 0.2) is 5.76 Å². The zero-order valence-electron chi connectivity index (χ0n) is 12.5. The number of amides is 2. The summed E-state index contributed by atoms with van der Waals surface area (Å²) >= 11 is 7.36. The van der Waals surface area contributed by atoms with E-state index in [1.54, 1.807) is 24.3 Å². The molecule has 7 heteroatoms. The number of rotatable bonds is 3. The quantitative estimate of drug-likeness (QED) is 0.740. The highest BCUT2D eigenvalue weighted by Crippen LogP contribution is 2.39. The van der Waals surface area contributed by atoms with Gasteiger partial charge >= 0.3 is 0 Å². The fourth-order valence-electron chi connectivity index (χ4n) is 3.04. The molecule has 0 spiro atoms. The van der Waals surface area contributed by atoms with Gasteiger partial charge in [-0.1, -0.05) is 11.6 Å². The van der Waals surface area contributed by atoms with Crippen molar-refractivity contribution in [1.29, 1.82) is 0 Å². The molecule has 0 fully saturated rings. The van der Waals surface area contributed by atoms with Crippen molar-refractivity contribution in [2.45, 2.75) is 19.3 Å². The third-order valence-electron chi connectivity index (χ3n) is 4.10. The number of thiophene rings is 1. The Kier molecular flexibility index (Phi) is 3.58. The summed E-state index contributed by atoms with van der Waals surface area (Å²) in [5.41, 5.74) is 7.48. The molecule has 5 nitrogen and oxygen atoms in total. The maximum absolute atomic E-state index is 12.5. The number of nitrogens with two attached hydrogens (primary N) is 1. The number of primary amides is 1. The van der Waals surface area contributed by atoms with Crippen LogP contribution in [0.3, 0.4) is 0 Å². The maximum Gasteiger partial charge on any atom is 0.292 e. The van der Waals surface area contributed by atoms with Crippen molar-refractivity contribution < 1.29 is 14.0 Å². The number of hydrogen-bond acceptors (Lipinski definition) is 4. The van der Waals surface area contributed by atoms with E-state index in [1.165, 1.54) is 11.3 Å². The largest absolute Gasteiger partial charge is 0.451 e. The van der Waals surface area contributed by atoms with Crippen LogP contribution in [0.4, 0.5) is 5.00 Å². The zero-order valence-corrected chi connectivity index (χ0v) is 14.1. The first kappa shape index (κ1) is 15.2. The average Bonchev–Trinajstić information content (AvgIpc) is 3.19. The number of furan rings is 1. The predicted octanol–water partition coefficient (Wildman–Crippen LogP) is 3.99. The lowest BCUT2D eigenvalue weighted by Gasteiger charge is -2.04. The van der Waals surface area contributed by atoms with Crippen molar-refractivity contribution in [3.05, 3.63) is 51.1 Å². The molecule has 0 saturated heterocycles. The first-order chi connectivity index (χ1) is 11.5. The summed E-state index contributed by atoms with van der Waals surface area (Å²) in [7, 11) is 0. The van der Waals surface area contributed by atoms with E-state index in [9.17, 15) is 9.59 Å². The Bertz CT molecular complexity index is 989. The number of halogens is 1. The van der Waals surface area contributed by atoms with Crippen LogP contribution < -0.4 is 11.1 Å². The van der Waals surface area contributed by atoms with Gasteiger partial charge in [-0.05, 0) is 49.1 Å². The summed E-state index contributed by atoms with van der Waals surface area (Å²) in [6.07, 6.45) is 2.75. The van der Waals surface area contributed by atoms with Gasteiger partial charge in [0, 0.05) is 15.3 Å². The number of benzene rings is 1. The van der Waals surface area contributed by atoms with E-state index in [0.29, 0.717) is 21.2 Å². The minimum absolute atomic E-state index is 0.163. The second-order valence-electron chi connectivity index (χ2n) is 5.67. The van der Waals surface area contributed by atoms with E-state index < -0.39 is 11.8 Å². The second-order valence-corrected chi connectivity index (χ2v) is 7.21. The Morgan fingerprint density at radius 2 is 2.08 bits per heavy atom. The van der Waals surface area contributed by atoms with Crippen LogP contribution in [0.15, 0.2) is 28.7 Å². The third kappa shape index (κ3) is 2.48. The van der Waals surface area contributed by atoms with Gasteiger partial charge in [0.2, 0.25) is 0 Å². The first-order valence-electron chi connectivity index (χ1n) is 7.47. The van der Waals surface area contributed by atoms with Crippen LogP contribution in [0.1, 0.15) is 37.8 Å². The molecule has 0 radical (unpaired) electrons. The standard InChI is InChI=1S/C17H13ClN2O3S/c18-9-4-5-11-8(6-9)7-12(23-11)16(22)20-17-14(15(19)21)10-2-1-3-13(10)24-17/h4-7H,1-3H2,(H2,19,21)(H,20,22). The number of carbonyl (C=O) groups excluding carboxylic acids is 2. The minimum atomic E-state index is -0.513. The lowest BCUT2D eigenvalue weighted by molar-refractivity contribution is 0.0999. The summed E-state index contributed by atoms with van der Waals surface area (Å²) in [6.45, 7) is 0. The number of anilines is 1. The molecule has 122 valence electrons. The van der Waals surface area contributed by atoms with Crippen molar-refractivity contribution in [2.75, 3.05) is 5.32 Å². The Hall–Kier alpha value is -2.31. The molecule has 2 amide bonds. The fourth-order valence-corrected chi connectivity index (χ4v) is 4.51. The van der Waals surface area contributed by atoms with Crippen molar-refractivity contribution >= 4 is 50.7 Å². The van der Waals surface area contributed by atoms with Gasteiger partial charge in [0.25, 0.3) is 11.8 Å². The van der Waals surface area contributed by atoms with Crippen molar-refractivity contribution in [3.63, 3.8) is 0 Å². The van der Waals surface area contributed by atoms with Crippen molar-refractivity contribution in [2.24, 2.45) is 5.73 Å². The Balaban J connectivity index is 1.67. The summed E-state index contributed by atoms with van der Waals surface area (Å²) < 4.78 is 5.55. The molecule has 2 heterocycles. The minimum Gasteiger partial charge on any atom is -0.451 e. The molecule has 4 rings (SSSR count). The van der Waals surface area contributed by atoms with E-state index in [4.69, 9.17) is 21.8 Å². The van der Waals surface area contributed by atoms with E-state index in [0.717, 1.165) is 35.1 Å². The summed E-state index contributed by atoms with van der Waals surface area (Å²) in [6, 6.07) is 6.76. The molecule has 0 aliphatic heterocycles. The molecular weight excluding hydrogens is 348 g/mol. The molecule has 0 saturated carbocycles. The fraction of sp³-hybridized carbons (Fsp3) is 0.176. The first-order valence-corrected chi connectivity index (χ1v) is 8.67. The van der Waals surface area contributed by atoms with Crippen LogP contribution in [0.25, 0.3) is 11.0 Å². The second kappa shape index (κ2) is 5.65. The van der Waals surface area contributed by atoms with Crippen LogP contribution in [0.2, 0.25) is 5.02 Å². The van der Waals surface area contributed by atoms with Crippen LogP contribution in [-0.4, -0.2) is 11.8 Å². The van der Waals surface area contributed by atoms with Gasteiger partial charge in [-0.3, -0.25) is 9.59 Å². The van der Waals surface area contributed by atoms with Gasteiger partial charge in [-0.25, -0.2) is 0 Å². The molecule has 1 aliphatic carbocycles. The molecule has 0 bridgehead atoms. The topological polar surface area (TPSA) is 85.3 Å². The van der Waals surface area contributed by atoms with Crippen molar-refractivity contribution in [3.8, 4) is 0 Å². The molecule has 1 aliphatic rings. The van der Waals surface area contributed by atoms with E-state index in [2.05, 4.69) is 5.32 Å². The van der Waals surface area contributed by atoms with Crippen molar-refractivity contribution in [1.82, 2.24) is 0 Å². The SMILES string of the molecule is NC(=O)c1c(NC(=O)c2cc3cc(Cl)ccc3o2)sc2c1CCC2. The molecule has 3 aromatic rings. The van der Waals surface area contributed by atoms with Crippen LogP contribution in [-0.2, 0) is 12.8 Å². The lowest BCUT2D eigenvalue weighted by atomic mass is 10.1. The van der Waals surface area contributed by atoms with Crippen LogP contribution >= 0.6 is 22.9 Å². The molecular formula is C17H13ClN2O3S. The lowest BCUT2D eigenvalue weighted by Crippen LogP contribution is -2.17. The number of fused-ring (bicyclic) bond motifs is 2. The molecule has 1 aromatic carbocycles.